The number of rotatable bonds is 0. The lowest BCUT2D eigenvalue weighted by molar-refractivity contribution is -0.143. The minimum absolute atomic E-state index is 0. The Kier molecular flexibility index (Phi) is 1.66. The Morgan fingerprint density at radius 2 is 1.67 bits per heavy atom. The summed E-state index contributed by atoms with van der Waals surface area (Å²) in [6.45, 7) is 0. The lowest BCUT2D eigenvalue weighted by atomic mass is 9.51. The lowest BCUT2D eigenvalue weighted by Gasteiger charge is -2.54. The molecule has 1 unspecified atom stereocenters. The molecule has 0 saturated heterocycles. The van der Waals surface area contributed by atoms with E-state index >= 15 is 0 Å². The third kappa shape index (κ3) is 0.834. The van der Waals surface area contributed by atoms with Gasteiger partial charge in [-0.05, 0) is 25.7 Å². The minimum Gasteiger partial charge on any atom is -0.375 e. The van der Waals surface area contributed by atoms with E-state index in [1.165, 1.54) is 19.3 Å². The summed E-state index contributed by atoms with van der Waals surface area (Å²) < 4.78 is 0. The summed E-state index contributed by atoms with van der Waals surface area (Å²) in [5.74, 6) is 0. The monoisotopic (exact) mass is 165 g/mol. The summed E-state index contributed by atoms with van der Waals surface area (Å²) >= 11 is 0. The molecular formula is C10H15NO. The second-order valence-corrected chi connectivity index (χ2v) is 4.31. The fourth-order valence-electron chi connectivity index (χ4n) is 2.78. The highest BCUT2D eigenvalue weighted by atomic mass is 16.3. The summed E-state index contributed by atoms with van der Waals surface area (Å²) in [6, 6.07) is 2.09. The molecule has 2 heteroatoms. The van der Waals surface area contributed by atoms with Crippen LogP contribution in [0, 0.1) is 16.7 Å². The number of hydrogen-bond acceptors (Lipinski definition) is 2. The maximum atomic E-state index is 9.93. The first-order valence-electron chi connectivity index (χ1n) is 4.86. The quantitative estimate of drug-likeness (QED) is 0.558. The normalized spacial score (nSPS) is 38.7. The van der Waals surface area contributed by atoms with Crippen LogP contribution in [0.25, 0.3) is 0 Å². The largest absolute Gasteiger partial charge is 0.375 e. The van der Waals surface area contributed by atoms with Gasteiger partial charge in [0.15, 0.2) is 5.60 Å². The van der Waals surface area contributed by atoms with Crippen LogP contribution in [-0.2, 0) is 0 Å². The van der Waals surface area contributed by atoms with Gasteiger partial charge in [0.1, 0.15) is 0 Å². The molecule has 66 valence electrons. The van der Waals surface area contributed by atoms with E-state index in [0.717, 1.165) is 19.3 Å². The molecule has 2 nitrogen and oxygen atoms in total. The summed E-state index contributed by atoms with van der Waals surface area (Å²) in [6.07, 6.45) is 7.58. The van der Waals surface area contributed by atoms with E-state index in [9.17, 15) is 5.11 Å². The first-order chi connectivity index (χ1) is 5.72. The molecule has 2 rings (SSSR count). The van der Waals surface area contributed by atoms with E-state index in [0.29, 0.717) is 6.42 Å². The van der Waals surface area contributed by atoms with Crippen LogP contribution >= 0.6 is 0 Å². The predicted octanol–water partition coefficient (Wildman–Crippen LogP) is 1.99. The zero-order valence-electron chi connectivity index (χ0n) is 7.34. The van der Waals surface area contributed by atoms with Crippen LogP contribution in [-0.4, -0.2) is 10.7 Å². The highest BCUT2D eigenvalue weighted by Gasteiger charge is 2.58. The molecule has 1 atom stereocenters. The third-order valence-electron chi connectivity index (χ3n) is 3.84. The van der Waals surface area contributed by atoms with Crippen molar-refractivity contribution in [2.75, 3.05) is 0 Å². The molecule has 12 heavy (non-hydrogen) atoms. The number of hydrogen-bond donors (Lipinski definition) is 1. The van der Waals surface area contributed by atoms with Crippen LogP contribution in [0.15, 0.2) is 0 Å². The van der Waals surface area contributed by atoms with Gasteiger partial charge < -0.3 is 5.11 Å². The van der Waals surface area contributed by atoms with Crippen molar-refractivity contribution in [3.63, 3.8) is 0 Å². The Labute approximate surface area is 73.2 Å². The van der Waals surface area contributed by atoms with E-state index in [1.807, 2.05) is 0 Å². The van der Waals surface area contributed by atoms with Gasteiger partial charge in [-0.2, -0.15) is 5.26 Å². The fourth-order valence-corrected chi connectivity index (χ4v) is 2.78. The van der Waals surface area contributed by atoms with Crippen molar-refractivity contribution in [3.8, 4) is 6.07 Å². The average molecular weight is 165 g/mol. The first-order valence-corrected chi connectivity index (χ1v) is 4.86. The van der Waals surface area contributed by atoms with Crippen LogP contribution in [0.1, 0.15) is 44.9 Å². The molecule has 0 bridgehead atoms. The van der Waals surface area contributed by atoms with Crippen molar-refractivity contribution in [3.05, 3.63) is 0 Å². The topological polar surface area (TPSA) is 44.0 Å². The van der Waals surface area contributed by atoms with Crippen molar-refractivity contribution >= 4 is 0 Å². The molecule has 1 spiro atoms. The van der Waals surface area contributed by atoms with Gasteiger partial charge in [-0.1, -0.05) is 19.3 Å². The number of aliphatic hydroxyl groups is 1. The van der Waals surface area contributed by atoms with Crippen molar-refractivity contribution < 1.29 is 5.11 Å². The average Bonchev–Trinajstić information content (AvgIpc) is 2.16. The van der Waals surface area contributed by atoms with Crippen LogP contribution in [0.2, 0.25) is 0 Å². The molecule has 0 aromatic heterocycles. The molecule has 0 heterocycles. The maximum absolute atomic E-state index is 9.93. The van der Waals surface area contributed by atoms with Crippen LogP contribution in [0.4, 0.5) is 0 Å². The summed E-state index contributed by atoms with van der Waals surface area (Å²) in [4.78, 5) is 0. The van der Waals surface area contributed by atoms with E-state index < -0.39 is 5.60 Å². The molecule has 2 fully saturated rings. The smallest absolute Gasteiger partial charge is 0.156 e. The summed E-state index contributed by atoms with van der Waals surface area (Å²) in [5, 5.41) is 18.8. The summed E-state index contributed by atoms with van der Waals surface area (Å²) in [5.41, 5.74) is -0.965. The van der Waals surface area contributed by atoms with Gasteiger partial charge in [0, 0.05) is 5.41 Å². The lowest BCUT2D eigenvalue weighted by Crippen LogP contribution is -2.57. The molecule has 0 aromatic rings. The van der Waals surface area contributed by atoms with Gasteiger partial charge in [0.25, 0.3) is 0 Å². The first kappa shape index (κ1) is 8.07. The molecular weight excluding hydrogens is 150 g/mol. The van der Waals surface area contributed by atoms with Gasteiger partial charge in [0.05, 0.1) is 6.07 Å². The zero-order chi connectivity index (χ0) is 8.66. The maximum Gasteiger partial charge on any atom is 0.156 e. The second kappa shape index (κ2) is 2.47. The molecule has 0 aliphatic heterocycles. The number of nitrogens with zero attached hydrogens (tertiary/aromatic N) is 1. The van der Waals surface area contributed by atoms with E-state index in [1.54, 1.807) is 0 Å². The fraction of sp³-hybridized carbons (Fsp3) is 0.900. The van der Waals surface area contributed by atoms with Gasteiger partial charge in [-0.3, -0.25) is 0 Å². The van der Waals surface area contributed by atoms with E-state index in [4.69, 9.17) is 5.26 Å². The Balaban J connectivity index is 2.16. The van der Waals surface area contributed by atoms with Gasteiger partial charge in [-0.15, -0.1) is 0 Å². The van der Waals surface area contributed by atoms with E-state index in [2.05, 4.69) is 6.07 Å². The minimum atomic E-state index is -0.965. The van der Waals surface area contributed by atoms with Gasteiger partial charge in [-0.25, -0.2) is 0 Å². The molecule has 0 radical (unpaired) electrons. The van der Waals surface area contributed by atoms with Crippen LogP contribution < -0.4 is 0 Å². The van der Waals surface area contributed by atoms with Crippen LogP contribution in [0.5, 0.6) is 0 Å². The van der Waals surface area contributed by atoms with Crippen molar-refractivity contribution in [1.82, 2.24) is 0 Å². The Morgan fingerprint density at radius 1 is 1.00 bits per heavy atom. The standard InChI is InChI=1S/C10H15NO/c11-8-10(12)7-6-9(10)4-2-1-3-5-9/h12H,1-7H2. The Morgan fingerprint density at radius 3 is 2.08 bits per heavy atom. The molecule has 2 saturated carbocycles. The van der Waals surface area contributed by atoms with Crippen molar-refractivity contribution in [2.24, 2.45) is 5.41 Å². The Bertz CT molecular complexity index is 224. The predicted molar refractivity (Wildman–Crippen MR) is 45.3 cm³/mol. The highest BCUT2D eigenvalue weighted by Crippen LogP contribution is 2.57. The van der Waals surface area contributed by atoms with Crippen LogP contribution in [0.3, 0.4) is 0 Å². The molecule has 0 amide bonds. The van der Waals surface area contributed by atoms with Crippen molar-refractivity contribution in [2.45, 2.75) is 50.5 Å². The Hall–Kier alpha value is -0.550. The van der Waals surface area contributed by atoms with Gasteiger partial charge in [0.2, 0.25) is 0 Å². The SMILES string of the molecule is N#CC1(O)CCC12CCCCC2. The third-order valence-corrected chi connectivity index (χ3v) is 3.84. The highest BCUT2D eigenvalue weighted by molar-refractivity contribution is 5.19. The van der Waals surface area contributed by atoms with E-state index in [-0.39, 0.29) is 5.41 Å². The second-order valence-electron chi connectivity index (χ2n) is 4.31. The molecule has 1 N–H and O–H groups in total. The van der Waals surface area contributed by atoms with Crippen molar-refractivity contribution in [1.29, 1.82) is 5.26 Å². The molecule has 2 aliphatic carbocycles. The zero-order valence-corrected chi connectivity index (χ0v) is 7.34. The number of nitriles is 1. The molecule has 2 aliphatic rings. The summed E-state index contributed by atoms with van der Waals surface area (Å²) in [7, 11) is 0. The molecule has 0 aromatic carbocycles. The van der Waals surface area contributed by atoms with Gasteiger partial charge >= 0.3 is 0 Å².